The monoisotopic (exact) mass is 354 g/mol. The Morgan fingerprint density at radius 3 is 2.76 bits per heavy atom. The number of benzene rings is 1. The Bertz CT molecular complexity index is 924. The van der Waals surface area contributed by atoms with Crippen molar-refractivity contribution >= 4 is 32.6 Å². The van der Waals surface area contributed by atoms with Gasteiger partial charge in [0.05, 0.1) is 10.2 Å². The van der Waals surface area contributed by atoms with Gasteiger partial charge in [-0.15, -0.1) is 0 Å². The number of carbonyl (C=O) groups excluding carboxylic acids is 1. The lowest BCUT2D eigenvalue weighted by Gasteiger charge is -2.32. The van der Waals surface area contributed by atoms with Gasteiger partial charge < -0.3 is 15.2 Å². The molecule has 2 N–H and O–H groups in total. The fourth-order valence-corrected chi connectivity index (χ4v) is 4.09. The molecule has 0 unspecified atom stereocenters. The molecule has 2 aromatic heterocycles. The van der Waals surface area contributed by atoms with Crippen LogP contribution in [0.4, 0.5) is 5.13 Å². The molecule has 0 aliphatic carbocycles. The number of piperidine rings is 1. The van der Waals surface area contributed by atoms with Crippen molar-refractivity contribution in [2.24, 2.45) is 0 Å². The Kier molecular flexibility index (Phi) is 4.23. The number of hydrogen-bond acceptors (Lipinski definition) is 5. The first-order valence-electron chi connectivity index (χ1n) is 8.30. The third-order valence-electron chi connectivity index (χ3n) is 4.45. The summed E-state index contributed by atoms with van der Waals surface area (Å²) in [7, 11) is 0. The molecule has 1 aliphatic heterocycles. The van der Waals surface area contributed by atoms with Gasteiger partial charge in [0.15, 0.2) is 5.13 Å². The average Bonchev–Trinajstić information content (AvgIpc) is 3.07. The van der Waals surface area contributed by atoms with E-state index in [2.05, 4.69) is 21.3 Å². The maximum absolute atomic E-state index is 12.2. The number of carbonyl (C=O) groups is 1. The Morgan fingerprint density at radius 1 is 1.20 bits per heavy atom. The molecule has 1 saturated heterocycles. The number of thiazole rings is 1. The Balaban J connectivity index is 1.39. The largest absolute Gasteiger partial charge is 0.349 e. The first-order valence-corrected chi connectivity index (χ1v) is 9.11. The maximum atomic E-state index is 12.2. The third-order valence-corrected chi connectivity index (χ3v) is 5.54. The van der Waals surface area contributed by atoms with Crippen molar-refractivity contribution < 1.29 is 4.79 Å². The van der Waals surface area contributed by atoms with Crippen LogP contribution in [-0.4, -0.2) is 35.0 Å². The second kappa shape index (κ2) is 6.68. The van der Waals surface area contributed by atoms with Gasteiger partial charge in [0.1, 0.15) is 5.56 Å². The van der Waals surface area contributed by atoms with Crippen molar-refractivity contribution in [2.75, 3.05) is 18.0 Å². The molecule has 0 atom stereocenters. The van der Waals surface area contributed by atoms with E-state index in [0.29, 0.717) is 0 Å². The zero-order valence-electron chi connectivity index (χ0n) is 13.6. The van der Waals surface area contributed by atoms with E-state index in [0.717, 1.165) is 36.6 Å². The number of anilines is 1. The van der Waals surface area contributed by atoms with Crippen LogP contribution >= 0.6 is 11.3 Å². The normalized spacial score (nSPS) is 15.4. The molecule has 7 heteroatoms. The zero-order valence-corrected chi connectivity index (χ0v) is 14.4. The molecular weight excluding hydrogens is 336 g/mol. The minimum absolute atomic E-state index is 0.0812. The standard InChI is InChI=1S/C18H18N4O2S/c23-16-13(4-3-9-19-16)17(24)20-12-7-10-22(11-8-12)18-21-14-5-1-2-6-15(14)25-18/h1-6,9,12H,7-8,10-11H2,(H,19,23)(H,20,24). The molecule has 3 aromatic rings. The van der Waals surface area contributed by atoms with Crippen LogP contribution in [0.2, 0.25) is 0 Å². The molecule has 4 rings (SSSR count). The van der Waals surface area contributed by atoms with E-state index in [1.807, 2.05) is 18.2 Å². The summed E-state index contributed by atoms with van der Waals surface area (Å²) in [5.41, 5.74) is 0.837. The van der Waals surface area contributed by atoms with E-state index in [-0.39, 0.29) is 23.1 Å². The van der Waals surface area contributed by atoms with Gasteiger partial charge in [0.2, 0.25) is 0 Å². The molecule has 3 heterocycles. The molecule has 1 aromatic carbocycles. The van der Waals surface area contributed by atoms with Crippen LogP contribution in [-0.2, 0) is 0 Å². The second-order valence-electron chi connectivity index (χ2n) is 6.11. The minimum atomic E-state index is -0.355. The van der Waals surface area contributed by atoms with Crippen LogP contribution in [0.1, 0.15) is 23.2 Å². The van der Waals surface area contributed by atoms with Gasteiger partial charge in [-0.1, -0.05) is 23.5 Å². The summed E-state index contributed by atoms with van der Waals surface area (Å²) in [6.45, 7) is 1.69. The number of fused-ring (bicyclic) bond motifs is 1. The van der Waals surface area contributed by atoms with E-state index in [1.54, 1.807) is 23.5 Å². The van der Waals surface area contributed by atoms with Crippen LogP contribution in [0.15, 0.2) is 47.4 Å². The summed E-state index contributed by atoms with van der Waals surface area (Å²) < 4.78 is 1.19. The molecule has 1 fully saturated rings. The predicted molar refractivity (Wildman–Crippen MR) is 99.4 cm³/mol. The number of rotatable bonds is 3. The lowest BCUT2D eigenvalue weighted by Crippen LogP contribution is -2.45. The summed E-state index contributed by atoms with van der Waals surface area (Å²) in [6, 6.07) is 11.4. The molecule has 0 radical (unpaired) electrons. The number of hydrogen-bond donors (Lipinski definition) is 2. The zero-order chi connectivity index (χ0) is 17.2. The van der Waals surface area contributed by atoms with Crippen molar-refractivity contribution in [3.05, 3.63) is 58.5 Å². The Morgan fingerprint density at radius 2 is 2.00 bits per heavy atom. The van der Waals surface area contributed by atoms with E-state index >= 15 is 0 Å². The number of amides is 1. The molecule has 128 valence electrons. The van der Waals surface area contributed by atoms with Gasteiger partial charge in [0.25, 0.3) is 11.5 Å². The molecular formula is C18H18N4O2S. The van der Waals surface area contributed by atoms with Crippen LogP contribution in [0.25, 0.3) is 10.2 Å². The summed E-state index contributed by atoms with van der Waals surface area (Å²) in [5.74, 6) is -0.305. The SMILES string of the molecule is O=C(NC1CCN(c2nc3ccccc3s2)CC1)c1ccc[nH]c1=O. The highest BCUT2D eigenvalue weighted by Gasteiger charge is 2.23. The summed E-state index contributed by atoms with van der Waals surface area (Å²) in [6.07, 6.45) is 3.20. The lowest BCUT2D eigenvalue weighted by molar-refractivity contribution is 0.0929. The number of aromatic amines is 1. The lowest BCUT2D eigenvalue weighted by atomic mass is 10.0. The van der Waals surface area contributed by atoms with Gasteiger partial charge in [-0.05, 0) is 37.1 Å². The summed E-state index contributed by atoms with van der Waals surface area (Å²) >= 11 is 1.70. The van der Waals surface area contributed by atoms with E-state index in [9.17, 15) is 9.59 Å². The third kappa shape index (κ3) is 3.28. The Labute approximate surface area is 148 Å². The maximum Gasteiger partial charge on any atom is 0.260 e. The summed E-state index contributed by atoms with van der Waals surface area (Å²) in [5, 5.41) is 4.00. The average molecular weight is 354 g/mol. The quantitative estimate of drug-likeness (QED) is 0.757. The van der Waals surface area contributed by atoms with Gasteiger partial charge >= 0.3 is 0 Å². The van der Waals surface area contributed by atoms with Crippen LogP contribution in [0.5, 0.6) is 0 Å². The first-order chi connectivity index (χ1) is 12.2. The van der Waals surface area contributed by atoms with E-state index in [4.69, 9.17) is 4.98 Å². The van der Waals surface area contributed by atoms with Crippen LogP contribution < -0.4 is 15.8 Å². The highest BCUT2D eigenvalue weighted by atomic mass is 32.1. The highest BCUT2D eigenvalue weighted by Crippen LogP contribution is 2.30. The van der Waals surface area contributed by atoms with E-state index in [1.165, 1.54) is 10.9 Å². The minimum Gasteiger partial charge on any atom is -0.349 e. The van der Waals surface area contributed by atoms with E-state index < -0.39 is 0 Å². The molecule has 0 bridgehead atoms. The van der Waals surface area contributed by atoms with Crippen molar-refractivity contribution in [1.29, 1.82) is 0 Å². The number of pyridine rings is 1. The molecule has 0 saturated carbocycles. The molecule has 1 amide bonds. The Hall–Kier alpha value is -2.67. The van der Waals surface area contributed by atoms with Crippen molar-refractivity contribution in [1.82, 2.24) is 15.3 Å². The molecule has 6 nitrogen and oxygen atoms in total. The number of nitrogens with one attached hydrogen (secondary N) is 2. The fraction of sp³-hybridized carbons (Fsp3) is 0.278. The van der Waals surface area contributed by atoms with Crippen molar-refractivity contribution in [3.63, 3.8) is 0 Å². The fourth-order valence-electron chi connectivity index (χ4n) is 3.07. The topological polar surface area (TPSA) is 78.1 Å². The number of nitrogens with zero attached hydrogens (tertiary/aromatic N) is 2. The van der Waals surface area contributed by atoms with Gasteiger partial charge in [-0.25, -0.2) is 4.98 Å². The number of H-pyrrole nitrogens is 1. The van der Waals surface area contributed by atoms with Gasteiger partial charge in [-0.3, -0.25) is 9.59 Å². The van der Waals surface area contributed by atoms with Gasteiger partial charge in [0, 0.05) is 25.3 Å². The number of aromatic nitrogens is 2. The first kappa shape index (κ1) is 15.8. The van der Waals surface area contributed by atoms with Crippen LogP contribution in [0, 0.1) is 0 Å². The molecule has 1 aliphatic rings. The number of para-hydroxylation sites is 1. The van der Waals surface area contributed by atoms with Gasteiger partial charge in [-0.2, -0.15) is 0 Å². The van der Waals surface area contributed by atoms with Crippen molar-refractivity contribution in [2.45, 2.75) is 18.9 Å². The second-order valence-corrected chi connectivity index (χ2v) is 7.12. The van der Waals surface area contributed by atoms with Crippen molar-refractivity contribution in [3.8, 4) is 0 Å². The predicted octanol–water partition coefficient (Wildman–Crippen LogP) is 2.38. The summed E-state index contributed by atoms with van der Waals surface area (Å²) in [4.78, 5) is 33.4. The highest BCUT2D eigenvalue weighted by molar-refractivity contribution is 7.22. The van der Waals surface area contributed by atoms with Crippen LogP contribution in [0.3, 0.4) is 0 Å². The molecule has 0 spiro atoms. The molecule has 25 heavy (non-hydrogen) atoms. The smallest absolute Gasteiger partial charge is 0.260 e.